The van der Waals surface area contributed by atoms with Crippen LogP contribution in [0.4, 0.5) is 22.0 Å². The highest BCUT2D eigenvalue weighted by atomic mass is 32.2. The highest BCUT2D eigenvalue weighted by molar-refractivity contribution is 7.99. The van der Waals surface area contributed by atoms with Crippen molar-refractivity contribution in [3.63, 3.8) is 0 Å². The fourth-order valence-electron chi connectivity index (χ4n) is 7.17. The van der Waals surface area contributed by atoms with Crippen LogP contribution in [0.3, 0.4) is 0 Å². The van der Waals surface area contributed by atoms with Crippen LogP contribution in [0.25, 0.3) is 33.7 Å². The number of nitrogens with zero attached hydrogens (tertiary/aromatic N) is 1. The number of benzene rings is 6. The van der Waals surface area contributed by atoms with Gasteiger partial charge >= 0.3 is 0 Å². The van der Waals surface area contributed by atoms with Gasteiger partial charge in [0.05, 0.1) is 18.8 Å². The molecule has 1 aliphatic rings. The first-order valence-corrected chi connectivity index (χ1v) is 20.3. The number of aromatic nitrogens is 1. The van der Waals surface area contributed by atoms with Crippen LogP contribution in [0.1, 0.15) is 51.9 Å². The van der Waals surface area contributed by atoms with Gasteiger partial charge in [-0.3, -0.25) is 4.79 Å². The van der Waals surface area contributed by atoms with Gasteiger partial charge in [-0.05, 0) is 33.9 Å². The molecule has 2 heterocycles. The average Bonchev–Trinajstić information content (AvgIpc) is 3.74. The van der Waals surface area contributed by atoms with Crippen molar-refractivity contribution in [3.05, 3.63) is 190 Å². The second-order valence-corrected chi connectivity index (χ2v) is 15.4. The van der Waals surface area contributed by atoms with Gasteiger partial charge in [0.25, 0.3) is 11.1 Å². The molecule has 1 saturated heterocycles. The van der Waals surface area contributed by atoms with Gasteiger partial charge in [0.15, 0.2) is 35.3 Å². The monoisotopic (exact) mass is 848 g/mol. The maximum atomic E-state index is 14.2. The summed E-state index contributed by atoms with van der Waals surface area (Å²) in [5.74, 6) is -11.5. The van der Waals surface area contributed by atoms with Gasteiger partial charge in [0.1, 0.15) is 11.3 Å². The second-order valence-electron chi connectivity index (χ2n) is 14.5. The summed E-state index contributed by atoms with van der Waals surface area (Å²) in [5.41, 5.74) is 5.55. The second kappa shape index (κ2) is 18.2. The third-order valence-corrected chi connectivity index (χ3v) is 11.4. The number of amides is 1. The van der Waals surface area contributed by atoms with E-state index in [1.165, 1.54) is 11.8 Å². The molecule has 0 radical (unpaired) electrons. The van der Waals surface area contributed by atoms with Crippen molar-refractivity contribution in [3.8, 4) is 33.7 Å². The van der Waals surface area contributed by atoms with E-state index in [1.54, 1.807) is 18.2 Å². The summed E-state index contributed by atoms with van der Waals surface area (Å²) in [5, 5.41) is 12.4. The van der Waals surface area contributed by atoms with Crippen LogP contribution in [-0.4, -0.2) is 27.9 Å². The van der Waals surface area contributed by atoms with Crippen LogP contribution in [0.2, 0.25) is 0 Å². The van der Waals surface area contributed by atoms with Crippen LogP contribution < -0.4 is 5.32 Å². The summed E-state index contributed by atoms with van der Waals surface area (Å²) in [4.78, 5) is 17.5. The number of hydrogen-bond donors (Lipinski definition) is 2. The molecule has 7 aromatic rings. The zero-order chi connectivity index (χ0) is 42.6. The Morgan fingerprint density at radius 3 is 1.93 bits per heavy atom. The van der Waals surface area contributed by atoms with Crippen LogP contribution in [0.15, 0.2) is 143 Å². The van der Waals surface area contributed by atoms with E-state index in [0.29, 0.717) is 22.3 Å². The van der Waals surface area contributed by atoms with Gasteiger partial charge in [0.2, 0.25) is 5.82 Å². The number of aliphatic hydroxyl groups is 1. The van der Waals surface area contributed by atoms with Crippen molar-refractivity contribution in [1.29, 1.82) is 0 Å². The number of rotatable bonds is 12. The number of oxazole rings is 1. The van der Waals surface area contributed by atoms with Gasteiger partial charge in [-0.2, -0.15) is 0 Å². The van der Waals surface area contributed by atoms with Crippen molar-refractivity contribution in [1.82, 2.24) is 10.3 Å². The van der Waals surface area contributed by atoms with Gasteiger partial charge in [-0.25, -0.2) is 26.9 Å². The predicted molar refractivity (Wildman–Crippen MR) is 220 cm³/mol. The molecule has 310 valence electrons. The Bertz CT molecular complexity index is 2560. The lowest BCUT2D eigenvalue weighted by molar-refractivity contribution is -0.268. The summed E-state index contributed by atoms with van der Waals surface area (Å²) in [7, 11) is 0. The Balaban J connectivity index is 1.01. The summed E-state index contributed by atoms with van der Waals surface area (Å²) in [6, 6.07) is 41.8. The molecule has 13 heteroatoms. The van der Waals surface area contributed by atoms with Crippen LogP contribution in [0, 0.1) is 35.0 Å². The van der Waals surface area contributed by atoms with Gasteiger partial charge in [0, 0.05) is 34.9 Å². The largest absolute Gasteiger partial charge is 0.431 e. The van der Waals surface area contributed by atoms with Crippen molar-refractivity contribution < 1.29 is 45.7 Å². The molecule has 0 spiro atoms. The van der Waals surface area contributed by atoms with Gasteiger partial charge in [-0.15, -0.1) is 0 Å². The molecule has 4 atom stereocenters. The van der Waals surface area contributed by atoms with Crippen LogP contribution in [0.5, 0.6) is 0 Å². The molecule has 1 aromatic heterocycles. The maximum Gasteiger partial charge on any atom is 0.257 e. The molecule has 0 saturated carbocycles. The number of halogens is 5. The first-order chi connectivity index (χ1) is 29.6. The molecule has 1 fully saturated rings. The quantitative estimate of drug-likeness (QED) is 0.0547. The Morgan fingerprint density at radius 1 is 0.672 bits per heavy atom. The third kappa shape index (κ3) is 8.87. The third-order valence-electron chi connectivity index (χ3n) is 10.5. The lowest BCUT2D eigenvalue weighted by atomic mass is 9.91. The number of aliphatic hydroxyl groups excluding tert-OH is 1. The highest BCUT2D eigenvalue weighted by Crippen LogP contribution is 2.44. The zero-order valence-electron chi connectivity index (χ0n) is 32.5. The molecule has 1 aliphatic heterocycles. The van der Waals surface area contributed by atoms with Crippen LogP contribution >= 0.6 is 11.8 Å². The Kier molecular flexibility index (Phi) is 12.4. The zero-order valence-corrected chi connectivity index (χ0v) is 33.3. The lowest BCUT2D eigenvalue weighted by Gasteiger charge is -2.41. The molecule has 2 N–H and O–H groups in total. The topological polar surface area (TPSA) is 93.8 Å². The van der Waals surface area contributed by atoms with Crippen LogP contribution in [-0.2, 0) is 22.6 Å². The lowest BCUT2D eigenvalue weighted by Crippen LogP contribution is -2.38. The molecular formula is C48H37F5N2O5S. The minimum atomic E-state index is -2.34. The van der Waals surface area contributed by atoms with E-state index in [1.807, 2.05) is 115 Å². The first kappa shape index (κ1) is 41.6. The van der Waals surface area contributed by atoms with Crippen molar-refractivity contribution in [2.45, 2.75) is 43.8 Å². The van der Waals surface area contributed by atoms with E-state index in [2.05, 4.69) is 12.2 Å². The van der Waals surface area contributed by atoms with E-state index < -0.39 is 46.8 Å². The number of carbonyl (C=O) groups is 1. The molecular weight excluding hydrogens is 812 g/mol. The number of thioether (sulfide) groups is 1. The Labute approximate surface area is 352 Å². The standard InChI is InChI=1S/C48H37F5N2O5S/c1-27-36(26-61-48-55-43(31-10-4-2-5-11-31)45(60-48)32-12-6-3-7-13-32)58-47(59-44(27)33-17-15-28(25-56)16-18-33)34-21-19-30(20-22-34)35-14-8-9-29(23-35)24-54-46(57)37-38(49)40(51)42(53)41(52)39(37)50/h2-23,27,36,44,47,56H,24-26H2,1H3,(H,54,57)/t27-,36+,44+,47+/m1/s1. The molecule has 6 aromatic carbocycles. The molecule has 0 unspecified atom stereocenters. The average molecular weight is 849 g/mol. The summed E-state index contributed by atoms with van der Waals surface area (Å²) >= 11 is 1.46. The summed E-state index contributed by atoms with van der Waals surface area (Å²) in [6.07, 6.45) is -1.43. The SMILES string of the molecule is C[C@@H]1[C@H](CSc2nc(-c3ccccc3)c(-c3ccccc3)o2)O[C@H](c2ccc(-c3cccc(CNC(=O)c4c(F)c(F)c(F)c(F)c4F)c3)cc2)O[C@@H]1c1ccc(CO)cc1. The summed E-state index contributed by atoms with van der Waals surface area (Å²) < 4.78 is 89.1. The van der Waals surface area contributed by atoms with E-state index in [9.17, 15) is 31.9 Å². The molecule has 7 nitrogen and oxygen atoms in total. The van der Waals surface area contributed by atoms with E-state index in [4.69, 9.17) is 18.9 Å². The number of carbonyl (C=O) groups excluding carboxylic acids is 1. The minimum Gasteiger partial charge on any atom is -0.431 e. The van der Waals surface area contributed by atoms with E-state index in [-0.39, 0.29) is 31.3 Å². The predicted octanol–water partition coefficient (Wildman–Crippen LogP) is 11.4. The summed E-state index contributed by atoms with van der Waals surface area (Å²) in [6.45, 7) is 1.75. The van der Waals surface area contributed by atoms with Crippen molar-refractivity contribution in [2.75, 3.05) is 5.75 Å². The minimum absolute atomic E-state index is 0.0826. The van der Waals surface area contributed by atoms with E-state index in [0.717, 1.165) is 44.6 Å². The number of ether oxygens (including phenoxy) is 2. The Hall–Kier alpha value is -6.12. The molecule has 0 bridgehead atoms. The molecule has 8 rings (SSSR count). The van der Waals surface area contributed by atoms with Crippen molar-refractivity contribution >= 4 is 17.7 Å². The molecule has 1 amide bonds. The Morgan fingerprint density at radius 2 is 1.28 bits per heavy atom. The van der Waals surface area contributed by atoms with Crippen molar-refractivity contribution in [2.24, 2.45) is 5.92 Å². The highest BCUT2D eigenvalue weighted by Gasteiger charge is 2.39. The van der Waals surface area contributed by atoms with E-state index >= 15 is 0 Å². The molecule has 0 aliphatic carbocycles. The number of hydrogen-bond acceptors (Lipinski definition) is 7. The van der Waals surface area contributed by atoms with Gasteiger partial charge in [-0.1, -0.05) is 146 Å². The maximum absolute atomic E-state index is 14.2. The smallest absolute Gasteiger partial charge is 0.257 e. The first-order valence-electron chi connectivity index (χ1n) is 19.3. The number of nitrogens with one attached hydrogen (secondary N) is 1. The normalized spacial score (nSPS) is 17.6. The van der Waals surface area contributed by atoms with Gasteiger partial charge < -0.3 is 24.3 Å². The fourth-order valence-corrected chi connectivity index (χ4v) is 8.16. The fraction of sp³-hybridized carbons (Fsp3) is 0.167. The molecule has 61 heavy (non-hydrogen) atoms.